The molecule has 1 N–H and O–H groups in total. The molecular weight excluding hydrogens is 394 g/mol. The van der Waals surface area contributed by atoms with Crippen molar-refractivity contribution < 1.29 is 9.53 Å². The van der Waals surface area contributed by atoms with Crippen molar-refractivity contribution in [1.29, 1.82) is 0 Å². The predicted molar refractivity (Wildman–Crippen MR) is 105 cm³/mol. The van der Waals surface area contributed by atoms with Crippen LogP contribution in [0.5, 0.6) is 0 Å². The van der Waals surface area contributed by atoms with E-state index >= 15 is 0 Å². The van der Waals surface area contributed by atoms with Gasteiger partial charge >= 0.3 is 0 Å². The number of hydrogen-bond donors (Lipinski definition) is 1. The Morgan fingerprint density at radius 2 is 2.08 bits per heavy atom. The number of aryl methyl sites for hydroxylation is 1. The molecule has 0 unspecified atom stereocenters. The molecule has 0 bridgehead atoms. The Bertz CT molecular complexity index is 783. The Hall–Kier alpha value is -1.66. The Morgan fingerprint density at radius 3 is 2.69 bits per heavy atom. The largest absolute Gasteiger partial charge is 0.373 e. The van der Waals surface area contributed by atoms with Gasteiger partial charge in [0.1, 0.15) is 0 Å². The molecule has 1 amide bonds. The number of halogens is 1. The SMILES string of the molecule is Cc1c([C@H]2OCC[C@@H]2C(=O)NCC(C)(C)c2ccc(Br)cc2)cnn1C. The fourth-order valence-electron chi connectivity index (χ4n) is 3.40. The van der Waals surface area contributed by atoms with Crippen LogP contribution in [0.2, 0.25) is 0 Å². The minimum atomic E-state index is -0.209. The Morgan fingerprint density at radius 1 is 1.38 bits per heavy atom. The van der Waals surface area contributed by atoms with Crippen molar-refractivity contribution in [2.24, 2.45) is 13.0 Å². The molecule has 26 heavy (non-hydrogen) atoms. The normalized spacial score (nSPS) is 20.3. The van der Waals surface area contributed by atoms with E-state index in [1.807, 2.05) is 37.0 Å². The lowest BCUT2D eigenvalue weighted by Gasteiger charge is -2.27. The van der Waals surface area contributed by atoms with E-state index in [2.05, 4.69) is 52.3 Å². The molecule has 0 spiro atoms. The zero-order valence-corrected chi connectivity index (χ0v) is 17.3. The highest BCUT2D eigenvalue weighted by Crippen LogP contribution is 2.36. The van der Waals surface area contributed by atoms with Crippen molar-refractivity contribution in [3.63, 3.8) is 0 Å². The van der Waals surface area contributed by atoms with Gasteiger partial charge in [0.05, 0.1) is 18.2 Å². The molecule has 2 atom stereocenters. The van der Waals surface area contributed by atoms with Gasteiger partial charge in [0.2, 0.25) is 5.91 Å². The molecule has 0 saturated carbocycles. The average molecular weight is 420 g/mol. The van der Waals surface area contributed by atoms with Crippen molar-refractivity contribution >= 4 is 21.8 Å². The topological polar surface area (TPSA) is 56.1 Å². The summed E-state index contributed by atoms with van der Waals surface area (Å²) in [4.78, 5) is 12.9. The maximum absolute atomic E-state index is 12.9. The number of benzene rings is 1. The van der Waals surface area contributed by atoms with E-state index in [-0.39, 0.29) is 23.3 Å². The Kier molecular flexibility index (Phi) is 5.53. The number of hydrogen-bond acceptors (Lipinski definition) is 3. The van der Waals surface area contributed by atoms with Crippen LogP contribution in [0.3, 0.4) is 0 Å². The van der Waals surface area contributed by atoms with Crippen LogP contribution < -0.4 is 5.32 Å². The minimum absolute atomic E-state index is 0.0564. The summed E-state index contributed by atoms with van der Waals surface area (Å²) >= 11 is 3.46. The van der Waals surface area contributed by atoms with E-state index in [9.17, 15) is 4.79 Å². The summed E-state index contributed by atoms with van der Waals surface area (Å²) in [6.07, 6.45) is 2.35. The first kappa shape index (κ1) is 19.1. The molecule has 3 rings (SSSR count). The second-order valence-electron chi connectivity index (χ2n) is 7.60. The van der Waals surface area contributed by atoms with Crippen molar-refractivity contribution in [3.8, 4) is 0 Å². The summed E-state index contributed by atoms with van der Waals surface area (Å²) in [6.45, 7) is 7.49. The highest BCUT2D eigenvalue weighted by Gasteiger charge is 2.37. The third kappa shape index (κ3) is 3.86. The molecule has 6 heteroatoms. The lowest BCUT2D eigenvalue weighted by Crippen LogP contribution is -2.40. The average Bonchev–Trinajstić information content (AvgIpc) is 3.21. The summed E-state index contributed by atoms with van der Waals surface area (Å²) < 4.78 is 8.75. The fraction of sp³-hybridized carbons (Fsp3) is 0.500. The molecule has 1 aliphatic rings. The number of carbonyl (C=O) groups is 1. The van der Waals surface area contributed by atoms with Gasteiger partial charge in [-0.1, -0.05) is 41.9 Å². The predicted octanol–water partition coefficient (Wildman–Crippen LogP) is 3.66. The molecule has 1 aliphatic heterocycles. The van der Waals surface area contributed by atoms with Crippen molar-refractivity contribution in [2.45, 2.75) is 38.7 Å². The van der Waals surface area contributed by atoms with Crippen LogP contribution in [-0.2, 0) is 22.0 Å². The second kappa shape index (κ2) is 7.53. The quantitative estimate of drug-likeness (QED) is 0.803. The van der Waals surface area contributed by atoms with E-state index in [1.165, 1.54) is 5.56 Å². The third-order valence-electron chi connectivity index (χ3n) is 5.34. The van der Waals surface area contributed by atoms with E-state index in [1.54, 1.807) is 0 Å². The van der Waals surface area contributed by atoms with Crippen LogP contribution in [-0.4, -0.2) is 28.8 Å². The number of aromatic nitrogens is 2. The summed E-state index contributed by atoms with van der Waals surface area (Å²) in [5.74, 6) is -0.112. The zero-order chi connectivity index (χ0) is 18.9. The molecule has 0 aliphatic carbocycles. The van der Waals surface area contributed by atoms with Crippen LogP contribution in [0.25, 0.3) is 0 Å². The van der Waals surface area contributed by atoms with Crippen LogP contribution in [0.1, 0.15) is 43.2 Å². The molecular formula is C20H26BrN3O2. The summed E-state index contributed by atoms with van der Waals surface area (Å²) in [6, 6.07) is 8.25. The van der Waals surface area contributed by atoms with E-state index in [0.717, 1.165) is 22.2 Å². The monoisotopic (exact) mass is 419 g/mol. The number of nitrogens with zero attached hydrogens (tertiary/aromatic N) is 2. The summed E-state index contributed by atoms with van der Waals surface area (Å²) in [5, 5.41) is 7.43. The molecule has 1 fully saturated rings. The first-order valence-corrected chi connectivity index (χ1v) is 9.73. The number of rotatable bonds is 5. The van der Waals surface area contributed by atoms with Crippen molar-refractivity contribution in [1.82, 2.24) is 15.1 Å². The van der Waals surface area contributed by atoms with E-state index in [4.69, 9.17) is 4.74 Å². The van der Waals surface area contributed by atoms with Crippen LogP contribution in [0.15, 0.2) is 34.9 Å². The molecule has 0 radical (unpaired) electrons. The van der Waals surface area contributed by atoms with Gasteiger partial charge in [-0.15, -0.1) is 0 Å². The van der Waals surface area contributed by atoms with Gasteiger partial charge in [-0.3, -0.25) is 9.48 Å². The van der Waals surface area contributed by atoms with Gasteiger partial charge in [0.15, 0.2) is 0 Å². The van der Waals surface area contributed by atoms with Crippen LogP contribution in [0, 0.1) is 12.8 Å². The lowest BCUT2D eigenvalue weighted by molar-refractivity contribution is -0.127. The molecule has 2 aromatic rings. The second-order valence-corrected chi connectivity index (χ2v) is 8.52. The van der Waals surface area contributed by atoms with Gasteiger partial charge in [-0.2, -0.15) is 5.10 Å². The van der Waals surface area contributed by atoms with Gasteiger partial charge in [-0.05, 0) is 31.0 Å². The maximum atomic E-state index is 12.9. The molecule has 1 saturated heterocycles. The molecule has 1 aromatic carbocycles. The summed E-state index contributed by atoms with van der Waals surface area (Å²) in [7, 11) is 1.91. The zero-order valence-electron chi connectivity index (χ0n) is 15.8. The first-order valence-electron chi connectivity index (χ1n) is 8.93. The Balaban J connectivity index is 1.67. The lowest BCUT2D eigenvalue weighted by atomic mass is 9.84. The third-order valence-corrected chi connectivity index (χ3v) is 5.87. The number of carbonyl (C=O) groups excluding carboxylic acids is 1. The van der Waals surface area contributed by atoms with Gasteiger partial charge in [0, 0.05) is 41.3 Å². The highest BCUT2D eigenvalue weighted by molar-refractivity contribution is 9.10. The van der Waals surface area contributed by atoms with Crippen LogP contribution in [0.4, 0.5) is 0 Å². The molecule has 5 nitrogen and oxygen atoms in total. The standard InChI is InChI=1S/C20H26BrN3O2/c1-13-17(11-23-24(13)4)18-16(9-10-26-18)19(25)22-12-20(2,3)14-5-7-15(21)8-6-14/h5-8,11,16,18H,9-10,12H2,1-4H3,(H,22,25)/t16-,18-/m0/s1. The number of nitrogens with one attached hydrogen (secondary N) is 1. The Labute approximate surface area is 163 Å². The van der Waals surface area contributed by atoms with Gasteiger partial charge in [0.25, 0.3) is 0 Å². The van der Waals surface area contributed by atoms with Gasteiger partial charge in [-0.25, -0.2) is 0 Å². The maximum Gasteiger partial charge on any atom is 0.226 e. The first-order chi connectivity index (χ1) is 12.3. The van der Waals surface area contributed by atoms with E-state index in [0.29, 0.717) is 13.2 Å². The van der Waals surface area contributed by atoms with E-state index < -0.39 is 0 Å². The molecule has 1 aromatic heterocycles. The van der Waals surface area contributed by atoms with Gasteiger partial charge < -0.3 is 10.1 Å². The number of amides is 1. The van der Waals surface area contributed by atoms with Crippen LogP contribution >= 0.6 is 15.9 Å². The fourth-order valence-corrected chi connectivity index (χ4v) is 3.67. The number of ether oxygens (including phenoxy) is 1. The highest BCUT2D eigenvalue weighted by atomic mass is 79.9. The summed E-state index contributed by atoms with van der Waals surface area (Å²) in [5.41, 5.74) is 3.11. The smallest absolute Gasteiger partial charge is 0.226 e. The molecule has 2 heterocycles. The molecule has 140 valence electrons. The minimum Gasteiger partial charge on any atom is -0.373 e. The van der Waals surface area contributed by atoms with Crippen molar-refractivity contribution in [2.75, 3.05) is 13.2 Å². The van der Waals surface area contributed by atoms with Crippen molar-refractivity contribution in [3.05, 3.63) is 51.8 Å².